The molecule has 0 aromatic heterocycles. The summed E-state index contributed by atoms with van der Waals surface area (Å²) in [7, 11) is 0. The molecule has 0 saturated carbocycles. The van der Waals surface area contributed by atoms with Gasteiger partial charge in [-0.3, -0.25) is 4.79 Å². The van der Waals surface area contributed by atoms with E-state index < -0.39 is 25.2 Å². The number of ether oxygens (including phenoxy) is 1. The number of nitrogens with two attached hydrogens (primary N) is 1. The Labute approximate surface area is 116 Å². The topological polar surface area (TPSA) is 64.3 Å². The lowest BCUT2D eigenvalue weighted by molar-refractivity contribution is -0.139. The first-order valence-electron chi connectivity index (χ1n) is 5.27. The molecule has 1 rings (SSSR count). The number of para-hydroxylation sites is 1. The Morgan fingerprint density at radius 3 is 2.68 bits per heavy atom. The van der Waals surface area contributed by atoms with Crippen LogP contribution in [0, 0.1) is 0 Å². The van der Waals surface area contributed by atoms with Crippen molar-refractivity contribution < 1.29 is 22.7 Å². The predicted octanol–water partition coefficient (Wildman–Crippen LogP) is 1.97. The fourth-order valence-corrected chi connectivity index (χ4v) is 1.79. The molecule has 0 saturated heterocycles. The van der Waals surface area contributed by atoms with E-state index in [0.29, 0.717) is 15.8 Å². The summed E-state index contributed by atoms with van der Waals surface area (Å²) in [6, 6.07) is 5.12. The number of alkyl halides is 3. The number of benzene rings is 1. The molecular formula is C11H12BrF3N2O2. The van der Waals surface area contributed by atoms with Crippen LogP contribution in [0.2, 0.25) is 0 Å². The van der Waals surface area contributed by atoms with Crippen molar-refractivity contribution in [3.05, 3.63) is 28.2 Å². The second kappa shape index (κ2) is 6.76. The third-order valence-electron chi connectivity index (χ3n) is 2.10. The summed E-state index contributed by atoms with van der Waals surface area (Å²) in [5.41, 5.74) is 6.14. The highest BCUT2D eigenvalue weighted by atomic mass is 79.9. The number of halogens is 4. The van der Waals surface area contributed by atoms with Crippen molar-refractivity contribution in [2.24, 2.45) is 5.73 Å². The molecule has 0 unspecified atom stereocenters. The summed E-state index contributed by atoms with van der Waals surface area (Å²) in [5, 5.41) is 1.71. The minimum absolute atomic E-state index is 0.193. The van der Waals surface area contributed by atoms with Crippen LogP contribution in [-0.4, -0.2) is 25.2 Å². The minimum Gasteiger partial charge on any atom is -0.482 e. The molecule has 4 nitrogen and oxygen atoms in total. The van der Waals surface area contributed by atoms with Gasteiger partial charge in [0, 0.05) is 12.1 Å². The molecule has 0 spiro atoms. The van der Waals surface area contributed by atoms with Gasteiger partial charge in [0.1, 0.15) is 12.3 Å². The maximum atomic E-state index is 11.9. The Kier molecular flexibility index (Phi) is 5.61. The van der Waals surface area contributed by atoms with E-state index in [4.69, 9.17) is 10.5 Å². The van der Waals surface area contributed by atoms with Crippen LogP contribution in [0.4, 0.5) is 13.2 Å². The molecule has 0 fully saturated rings. The van der Waals surface area contributed by atoms with Gasteiger partial charge in [-0.05, 0) is 22.0 Å². The highest BCUT2D eigenvalue weighted by Crippen LogP contribution is 2.28. The lowest BCUT2D eigenvalue weighted by Crippen LogP contribution is -2.36. The highest BCUT2D eigenvalue weighted by Gasteiger charge is 2.27. The number of hydrogen-bond donors (Lipinski definition) is 2. The summed E-state index contributed by atoms with van der Waals surface area (Å²) in [6.07, 6.45) is -4.44. The van der Waals surface area contributed by atoms with Gasteiger partial charge in [-0.25, -0.2) is 0 Å². The van der Waals surface area contributed by atoms with Gasteiger partial charge in [0.2, 0.25) is 0 Å². The van der Waals surface area contributed by atoms with Crippen molar-refractivity contribution in [2.45, 2.75) is 12.7 Å². The first kappa shape index (κ1) is 15.8. The number of amides is 1. The van der Waals surface area contributed by atoms with Crippen molar-refractivity contribution >= 4 is 21.8 Å². The number of carbonyl (C=O) groups is 1. The zero-order valence-electron chi connectivity index (χ0n) is 9.76. The summed E-state index contributed by atoms with van der Waals surface area (Å²) in [4.78, 5) is 11.2. The first-order valence-corrected chi connectivity index (χ1v) is 6.06. The largest absolute Gasteiger partial charge is 0.482 e. The molecule has 0 atom stereocenters. The third-order valence-corrected chi connectivity index (χ3v) is 2.73. The molecule has 1 aromatic rings. The van der Waals surface area contributed by atoms with E-state index >= 15 is 0 Å². The maximum absolute atomic E-state index is 11.9. The minimum atomic E-state index is -4.44. The molecular weight excluding hydrogens is 329 g/mol. The number of rotatable bonds is 5. The molecule has 8 heteroatoms. The fraction of sp³-hybridized carbons (Fsp3) is 0.364. The number of hydrogen-bond acceptors (Lipinski definition) is 3. The Morgan fingerprint density at radius 2 is 2.11 bits per heavy atom. The molecule has 0 bridgehead atoms. The normalized spacial score (nSPS) is 11.2. The molecule has 0 aliphatic carbocycles. The van der Waals surface area contributed by atoms with Gasteiger partial charge in [-0.2, -0.15) is 13.2 Å². The molecule has 0 aliphatic rings. The summed E-state index contributed by atoms with van der Waals surface area (Å²) in [6.45, 7) is -1.69. The maximum Gasteiger partial charge on any atom is 0.405 e. The quantitative estimate of drug-likeness (QED) is 0.861. The van der Waals surface area contributed by atoms with Crippen molar-refractivity contribution in [3.8, 4) is 5.75 Å². The summed E-state index contributed by atoms with van der Waals surface area (Å²) < 4.78 is 41.4. The van der Waals surface area contributed by atoms with Gasteiger partial charge in [0.25, 0.3) is 5.91 Å². The zero-order chi connectivity index (χ0) is 14.5. The van der Waals surface area contributed by atoms with E-state index in [1.807, 2.05) is 0 Å². The van der Waals surface area contributed by atoms with Crippen LogP contribution >= 0.6 is 15.9 Å². The van der Waals surface area contributed by atoms with Crippen LogP contribution in [0.1, 0.15) is 5.56 Å². The average Bonchev–Trinajstić information content (AvgIpc) is 2.33. The van der Waals surface area contributed by atoms with Gasteiger partial charge in [-0.1, -0.05) is 12.1 Å². The van der Waals surface area contributed by atoms with E-state index in [0.717, 1.165) is 0 Å². The Bertz CT molecular complexity index is 452. The molecule has 1 aromatic carbocycles. The van der Waals surface area contributed by atoms with Gasteiger partial charge < -0.3 is 15.8 Å². The highest BCUT2D eigenvalue weighted by molar-refractivity contribution is 9.10. The first-order chi connectivity index (χ1) is 8.83. The van der Waals surface area contributed by atoms with Gasteiger partial charge in [0.15, 0.2) is 6.61 Å². The lowest BCUT2D eigenvalue weighted by Gasteiger charge is -2.13. The van der Waals surface area contributed by atoms with Crippen LogP contribution in [-0.2, 0) is 11.3 Å². The van der Waals surface area contributed by atoms with E-state index in [9.17, 15) is 18.0 Å². The van der Waals surface area contributed by atoms with Crippen molar-refractivity contribution in [1.82, 2.24) is 5.32 Å². The molecule has 3 N–H and O–H groups in total. The van der Waals surface area contributed by atoms with Crippen LogP contribution in [0.5, 0.6) is 5.75 Å². The molecule has 0 radical (unpaired) electrons. The number of nitrogens with one attached hydrogen (secondary N) is 1. The smallest absolute Gasteiger partial charge is 0.405 e. The second-order valence-corrected chi connectivity index (χ2v) is 4.47. The molecule has 0 heterocycles. The van der Waals surface area contributed by atoms with E-state index in [-0.39, 0.29) is 6.54 Å². The van der Waals surface area contributed by atoms with E-state index in [1.54, 1.807) is 23.5 Å². The second-order valence-electron chi connectivity index (χ2n) is 3.61. The average molecular weight is 341 g/mol. The monoisotopic (exact) mass is 340 g/mol. The van der Waals surface area contributed by atoms with Crippen LogP contribution in [0.15, 0.2) is 22.7 Å². The molecule has 1 amide bonds. The van der Waals surface area contributed by atoms with Crippen LogP contribution < -0.4 is 15.8 Å². The van der Waals surface area contributed by atoms with E-state index in [1.165, 1.54) is 0 Å². The fourth-order valence-electron chi connectivity index (χ4n) is 1.26. The predicted molar refractivity (Wildman–Crippen MR) is 66.6 cm³/mol. The third kappa shape index (κ3) is 5.48. The summed E-state index contributed by atoms with van der Waals surface area (Å²) in [5.74, 6) is -0.497. The number of carbonyl (C=O) groups excluding carboxylic acids is 1. The van der Waals surface area contributed by atoms with Crippen molar-refractivity contribution in [2.75, 3.05) is 13.2 Å². The SMILES string of the molecule is NCc1cccc(Br)c1OCC(=O)NCC(F)(F)F. The Balaban J connectivity index is 2.55. The Morgan fingerprint density at radius 1 is 1.42 bits per heavy atom. The standard InChI is InChI=1S/C11H12BrF3N2O2/c12-8-3-1-2-7(4-16)10(8)19-5-9(18)17-6-11(13,14)15/h1-3H,4-6,16H2,(H,17,18). The lowest BCUT2D eigenvalue weighted by atomic mass is 10.2. The van der Waals surface area contributed by atoms with Crippen LogP contribution in [0.25, 0.3) is 0 Å². The molecule has 106 valence electrons. The van der Waals surface area contributed by atoms with Gasteiger partial charge >= 0.3 is 6.18 Å². The molecule has 19 heavy (non-hydrogen) atoms. The van der Waals surface area contributed by atoms with Gasteiger partial charge in [-0.15, -0.1) is 0 Å². The van der Waals surface area contributed by atoms with Gasteiger partial charge in [0.05, 0.1) is 4.47 Å². The zero-order valence-corrected chi connectivity index (χ0v) is 11.3. The Hall–Kier alpha value is -1.28. The summed E-state index contributed by atoms with van der Waals surface area (Å²) >= 11 is 3.22. The van der Waals surface area contributed by atoms with Crippen molar-refractivity contribution in [1.29, 1.82) is 0 Å². The van der Waals surface area contributed by atoms with E-state index in [2.05, 4.69) is 15.9 Å². The molecule has 0 aliphatic heterocycles. The van der Waals surface area contributed by atoms with Crippen LogP contribution in [0.3, 0.4) is 0 Å². The van der Waals surface area contributed by atoms with Crippen molar-refractivity contribution in [3.63, 3.8) is 0 Å².